The maximum Gasteiger partial charge on any atom is 0.320 e. The van der Waals surface area contributed by atoms with Crippen LogP contribution in [0.25, 0.3) is 0 Å². The highest BCUT2D eigenvalue weighted by Crippen LogP contribution is 2.44. The van der Waals surface area contributed by atoms with Crippen molar-refractivity contribution in [1.29, 1.82) is 0 Å². The van der Waals surface area contributed by atoms with Crippen molar-refractivity contribution >= 4 is 28.9 Å². The fourth-order valence-electron chi connectivity index (χ4n) is 5.14. The van der Waals surface area contributed by atoms with Crippen molar-refractivity contribution in [2.75, 3.05) is 18.0 Å². The number of ether oxygens (including phenoxy) is 1. The number of benzene rings is 1. The Morgan fingerprint density at radius 3 is 2.58 bits per heavy atom. The molecular weight excluding hydrogens is 433 g/mol. The van der Waals surface area contributed by atoms with E-state index >= 15 is 0 Å². The molecule has 1 aliphatic carbocycles. The Morgan fingerprint density at radius 2 is 1.87 bits per heavy atom. The zero-order chi connectivity index (χ0) is 21.5. The Hall–Kier alpha value is -2.31. The Balaban J connectivity index is 1.28. The molecule has 0 amide bonds. The second kappa shape index (κ2) is 8.32. The summed E-state index contributed by atoms with van der Waals surface area (Å²) in [5.41, 5.74) is 2.21. The summed E-state index contributed by atoms with van der Waals surface area (Å²) in [6, 6.07) is 10.1. The molecule has 8 heteroatoms. The Labute approximate surface area is 192 Å². The number of aromatic nitrogens is 4. The fraction of sp³-hybridized carbons (Fsp3) is 0.435. The SMILES string of the molecule is Cc1cc(Cl)cc(Oc2nc(CC3C4CCC3CN(c3ccnc(Cl)c3)C4)nn2C)c1. The maximum atomic E-state index is 6.16. The number of pyridine rings is 1. The average Bonchev–Trinajstić information content (AvgIpc) is 3.15. The quantitative estimate of drug-likeness (QED) is 0.485. The van der Waals surface area contributed by atoms with Crippen molar-refractivity contribution in [3.05, 3.63) is 58.1 Å². The zero-order valence-electron chi connectivity index (χ0n) is 17.6. The molecule has 2 atom stereocenters. The molecule has 3 heterocycles. The van der Waals surface area contributed by atoms with Crippen LogP contribution in [0.15, 0.2) is 36.5 Å². The van der Waals surface area contributed by atoms with E-state index < -0.39 is 0 Å². The van der Waals surface area contributed by atoms with Crippen LogP contribution in [-0.2, 0) is 13.5 Å². The van der Waals surface area contributed by atoms with E-state index in [9.17, 15) is 0 Å². The van der Waals surface area contributed by atoms with E-state index in [2.05, 4.69) is 15.0 Å². The van der Waals surface area contributed by atoms with E-state index in [1.807, 2.05) is 38.2 Å². The largest absolute Gasteiger partial charge is 0.424 e. The molecule has 0 spiro atoms. The van der Waals surface area contributed by atoms with Gasteiger partial charge < -0.3 is 9.64 Å². The molecule has 2 fully saturated rings. The van der Waals surface area contributed by atoms with Gasteiger partial charge in [0.2, 0.25) is 0 Å². The number of halogens is 2. The number of piperidine rings is 1. The molecule has 2 unspecified atom stereocenters. The van der Waals surface area contributed by atoms with Gasteiger partial charge in [0.05, 0.1) is 0 Å². The van der Waals surface area contributed by atoms with Gasteiger partial charge in [-0.3, -0.25) is 0 Å². The summed E-state index contributed by atoms with van der Waals surface area (Å²) >= 11 is 12.3. The minimum Gasteiger partial charge on any atom is -0.424 e. The molecule has 1 saturated carbocycles. The lowest BCUT2D eigenvalue weighted by Crippen LogP contribution is -2.42. The minimum absolute atomic E-state index is 0.493. The smallest absolute Gasteiger partial charge is 0.320 e. The second-order valence-electron chi connectivity index (χ2n) is 8.71. The summed E-state index contributed by atoms with van der Waals surface area (Å²) in [5, 5.41) is 5.84. The normalized spacial score (nSPS) is 22.7. The van der Waals surface area contributed by atoms with Crippen LogP contribution in [0.4, 0.5) is 5.69 Å². The average molecular weight is 458 g/mol. The molecule has 0 radical (unpaired) electrons. The predicted octanol–water partition coefficient (Wildman–Crippen LogP) is 5.32. The van der Waals surface area contributed by atoms with Gasteiger partial charge in [-0.05, 0) is 73.4 Å². The van der Waals surface area contributed by atoms with Gasteiger partial charge in [-0.1, -0.05) is 23.2 Å². The zero-order valence-corrected chi connectivity index (χ0v) is 19.1. The van der Waals surface area contributed by atoms with Gasteiger partial charge in [0, 0.05) is 43.5 Å². The van der Waals surface area contributed by atoms with Crippen LogP contribution in [0.5, 0.6) is 11.8 Å². The van der Waals surface area contributed by atoms with Gasteiger partial charge in [-0.2, -0.15) is 10.1 Å². The summed E-state index contributed by atoms with van der Waals surface area (Å²) in [4.78, 5) is 11.3. The van der Waals surface area contributed by atoms with Gasteiger partial charge in [0.25, 0.3) is 0 Å². The minimum atomic E-state index is 0.493. The summed E-state index contributed by atoms with van der Waals surface area (Å²) in [6.07, 6.45) is 5.17. The highest BCUT2D eigenvalue weighted by molar-refractivity contribution is 6.30. The standard InChI is InChI=1S/C23H25Cl2N5O/c1-14-7-17(24)9-19(8-14)31-23-27-22(28-29(23)2)11-20-15-3-4-16(20)13-30(12-15)18-5-6-26-21(25)10-18/h5-10,15-16,20H,3-4,11-13H2,1-2H3. The van der Waals surface area contributed by atoms with Crippen LogP contribution in [0.1, 0.15) is 24.2 Å². The molecule has 0 N–H and O–H groups in total. The van der Waals surface area contributed by atoms with Crippen LogP contribution in [-0.4, -0.2) is 32.8 Å². The molecule has 2 aliphatic rings. The van der Waals surface area contributed by atoms with E-state index in [0.29, 0.717) is 39.7 Å². The number of aryl methyl sites for hydroxylation is 2. The number of anilines is 1. The van der Waals surface area contributed by atoms with Crippen molar-refractivity contribution < 1.29 is 4.74 Å². The highest BCUT2D eigenvalue weighted by atomic mass is 35.5. The molecule has 162 valence electrons. The summed E-state index contributed by atoms with van der Waals surface area (Å²) < 4.78 is 7.68. The number of nitrogens with zero attached hydrogens (tertiary/aromatic N) is 5. The van der Waals surface area contributed by atoms with Crippen LogP contribution >= 0.6 is 23.2 Å². The molecule has 1 saturated heterocycles. The van der Waals surface area contributed by atoms with Gasteiger partial charge in [0.1, 0.15) is 10.9 Å². The third kappa shape index (κ3) is 4.37. The first kappa shape index (κ1) is 20.6. The van der Waals surface area contributed by atoms with Crippen molar-refractivity contribution in [1.82, 2.24) is 19.7 Å². The Morgan fingerprint density at radius 1 is 1.10 bits per heavy atom. The molecule has 6 nitrogen and oxygen atoms in total. The van der Waals surface area contributed by atoms with Gasteiger partial charge >= 0.3 is 6.01 Å². The van der Waals surface area contributed by atoms with Crippen molar-refractivity contribution in [3.8, 4) is 11.8 Å². The van der Waals surface area contributed by atoms with Gasteiger partial charge in [-0.15, -0.1) is 0 Å². The molecule has 5 rings (SSSR count). The van der Waals surface area contributed by atoms with E-state index in [1.54, 1.807) is 16.9 Å². The third-order valence-corrected chi connectivity index (χ3v) is 6.94. The first-order chi connectivity index (χ1) is 14.9. The van der Waals surface area contributed by atoms with Crippen molar-refractivity contribution in [2.24, 2.45) is 24.8 Å². The van der Waals surface area contributed by atoms with Crippen LogP contribution in [0.2, 0.25) is 10.2 Å². The van der Waals surface area contributed by atoms with Crippen LogP contribution < -0.4 is 9.64 Å². The summed E-state index contributed by atoms with van der Waals surface area (Å²) in [7, 11) is 1.87. The molecular formula is C23H25Cl2N5O. The molecule has 2 bridgehead atoms. The lowest BCUT2D eigenvalue weighted by atomic mass is 9.82. The highest BCUT2D eigenvalue weighted by Gasteiger charge is 2.42. The number of hydrogen-bond acceptors (Lipinski definition) is 5. The summed E-state index contributed by atoms with van der Waals surface area (Å²) in [6.45, 7) is 4.07. The van der Waals surface area contributed by atoms with Crippen molar-refractivity contribution in [2.45, 2.75) is 26.2 Å². The van der Waals surface area contributed by atoms with Crippen molar-refractivity contribution in [3.63, 3.8) is 0 Å². The molecule has 1 aromatic carbocycles. The maximum absolute atomic E-state index is 6.16. The Kier molecular flexibility index (Phi) is 5.52. The third-order valence-electron chi connectivity index (χ3n) is 6.51. The number of fused-ring (bicyclic) bond motifs is 2. The number of hydrogen-bond donors (Lipinski definition) is 0. The van der Waals surface area contributed by atoms with Crippen LogP contribution in [0, 0.1) is 24.7 Å². The van der Waals surface area contributed by atoms with E-state index in [4.69, 9.17) is 32.9 Å². The topological polar surface area (TPSA) is 56.1 Å². The fourth-order valence-corrected chi connectivity index (χ4v) is 5.59. The molecule has 1 aliphatic heterocycles. The van der Waals surface area contributed by atoms with E-state index in [-0.39, 0.29) is 0 Å². The van der Waals surface area contributed by atoms with Gasteiger partial charge in [-0.25, -0.2) is 9.67 Å². The predicted molar refractivity (Wildman–Crippen MR) is 122 cm³/mol. The second-order valence-corrected chi connectivity index (χ2v) is 9.53. The molecule has 2 aromatic heterocycles. The molecule has 31 heavy (non-hydrogen) atoms. The van der Waals surface area contributed by atoms with E-state index in [0.717, 1.165) is 30.9 Å². The monoisotopic (exact) mass is 457 g/mol. The first-order valence-electron chi connectivity index (χ1n) is 10.7. The van der Waals surface area contributed by atoms with E-state index in [1.165, 1.54) is 18.5 Å². The lowest BCUT2D eigenvalue weighted by molar-refractivity contribution is 0.265. The lowest BCUT2D eigenvalue weighted by Gasteiger charge is -2.39. The van der Waals surface area contributed by atoms with Crippen LogP contribution in [0.3, 0.4) is 0 Å². The van der Waals surface area contributed by atoms with Gasteiger partial charge in [0.15, 0.2) is 5.82 Å². The molecule has 3 aromatic rings. The number of rotatable bonds is 5. The Bertz CT molecular complexity index is 1070. The first-order valence-corrected chi connectivity index (χ1v) is 11.4. The summed E-state index contributed by atoms with van der Waals surface area (Å²) in [5.74, 6) is 3.39.